The Hall–Kier alpha value is -1.82. The molecule has 0 bridgehead atoms. The predicted molar refractivity (Wildman–Crippen MR) is 111 cm³/mol. The van der Waals surface area contributed by atoms with E-state index in [-0.39, 0.29) is 12.4 Å². The quantitative estimate of drug-likeness (QED) is 0.657. The highest BCUT2D eigenvalue weighted by Crippen LogP contribution is 2.30. The van der Waals surface area contributed by atoms with Gasteiger partial charge in [-0.05, 0) is 55.8 Å². The highest BCUT2D eigenvalue weighted by molar-refractivity contribution is 6.31. The summed E-state index contributed by atoms with van der Waals surface area (Å²) in [5.74, 6) is 0.955. The van der Waals surface area contributed by atoms with Gasteiger partial charge in [-0.2, -0.15) is 0 Å². The van der Waals surface area contributed by atoms with E-state index in [1.165, 1.54) is 31.5 Å². The van der Waals surface area contributed by atoms with Gasteiger partial charge in [-0.3, -0.25) is 4.90 Å². The third-order valence-electron chi connectivity index (χ3n) is 5.24. The normalized spacial score (nSPS) is 17.1. The van der Waals surface area contributed by atoms with Crippen molar-refractivity contribution in [3.8, 4) is 11.5 Å². The highest BCUT2D eigenvalue weighted by atomic mass is 35.5. The van der Waals surface area contributed by atoms with Crippen molar-refractivity contribution in [3.05, 3.63) is 58.4 Å². The molecule has 1 fully saturated rings. The SMILES string of the molecule is CCN1CCCC1CNCc1ccc(OCc2ccc(F)cc2Cl)c(OC)c1. The fourth-order valence-corrected chi connectivity index (χ4v) is 3.88. The number of rotatable bonds is 9. The number of methoxy groups -OCH3 is 1. The number of nitrogens with one attached hydrogen (secondary N) is 1. The fourth-order valence-electron chi connectivity index (χ4n) is 3.66. The Balaban J connectivity index is 1.55. The molecule has 1 aliphatic rings. The number of benzene rings is 2. The maximum atomic E-state index is 13.2. The molecule has 2 aromatic rings. The van der Waals surface area contributed by atoms with Gasteiger partial charge in [0.2, 0.25) is 0 Å². The van der Waals surface area contributed by atoms with Gasteiger partial charge in [-0.15, -0.1) is 0 Å². The molecule has 2 aromatic carbocycles. The Bertz CT molecular complexity index is 787. The first kappa shape index (κ1) is 20.9. The van der Waals surface area contributed by atoms with Crippen LogP contribution in [-0.2, 0) is 13.2 Å². The molecule has 1 saturated heterocycles. The molecule has 28 heavy (non-hydrogen) atoms. The van der Waals surface area contributed by atoms with E-state index in [0.29, 0.717) is 22.6 Å². The van der Waals surface area contributed by atoms with Crippen LogP contribution in [0.4, 0.5) is 4.39 Å². The van der Waals surface area contributed by atoms with E-state index in [1.807, 2.05) is 18.2 Å². The topological polar surface area (TPSA) is 33.7 Å². The molecule has 1 N–H and O–H groups in total. The molecule has 1 aliphatic heterocycles. The zero-order valence-corrected chi connectivity index (χ0v) is 17.3. The first-order valence-electron chi connectivity index (χ1n) is 9.79. The summed E-state index contributed by atoms with van der Waals surface area (Å²) >= 11 is 6.06. The van der Waals surface area contributed by atoms with Crippen molar-refractivity contribution in [2.24, 2.45) is 0 Å². The van der Waals surface area contributed by atoms with Crippen LogP contribution in [0.25, 0.3) is 0 Å². The van der Waals surface area contributed by atoms with Crippen molar-refractivity contribution >= 4 is 11.6 Å². The molecular weight excluding hydrogens is 379 g/mol. The number of halogens is 2. The number of ether oxygens (including phenoxy) is 2. The van der Waals surface area contributed by atoms with Gasteiger partial charge in [0.1, 0.15) is 12.4 Å². The van der Waals surface area contributed by atoms with Crippen LogP contribution in [0.2, 0.25) is 5.02 Å². The summed E-state index contributed by atoms with van der Waals surface area (Å²) in [5, 5.41) is 3.91. The maximum absolute atomic E-state index is 13.2. The summed E-state index contributed by atoms with van der Waals surface area (Å²) in [6, 6.07) is 10.8. The van der Waals surface area contributed by atoms with Crippen LogP contribution in [-0.4, -0.2) is 37.7 Å². The molecular formula is C22H28ClFN2O2. The summed E-state index contributed by atoms with van der Waals surface area (Å²) in [6.45, 7) is 6.58. The monoisotopic (exact) mass is 406 g/mol. The lowest BCUT2D eigenvalue weighted by molar-refractivity contribution is 0.260. The Morgan fingerprint density at radius 1 is 1.21 bits per heavy atom. The van der Waals surface area contributed by atoms with Gasteiger partial charge in [0.25, 0.3) is 0 Å². The van der Waals surface area contributed by atoms with Gasteiger partial charge in [0.05, 0.1) is 12.1 Å². The zero-order chi connectivity index (χ0) is 19.9. The predicted octanol–water partition coefficient (Wildman–Crippen LogP) is 4.64. The largest absolute Gasteiger partial charge is 0.493 e. The van der Waals surface area contributed by atoms with E-state index in [2.05, 4.69) is 17.1 Å². The molecule has 1 atom stereocenters. The molecule has 0 aliphatic carbocycles. The Kier molecular flexibility index (Phi) is 7.54. The molecule has 0 spiro atoms. The Labute approximate surface area is 171 Å². The molecule has 0 aromatic heterocycles. The van der Waals surface area contributed by atoms with Crippen LogP contribution >= 0.6 is 11.6 Å². The van der Waals surface area contributed by atoms with E-state index in [9.17, 15) is 4.39 Å². The minimum Gasteiger partial charge on any atom is -0.493 e. The van der Waals surface area contributed by atoms with Crippen LogP contribution in [0, 0.1) is 5.82 Å². The van der Waals surface area contributed by atoms with Crippen LogP contribution in [0.1, 0.15) is 30.9 Å². The van der Waals surface area contributed by atoms with Gasteiger partial charge >= 0.3 is 0 Å². The van der Waals surface area contributed by atoms with Crippen molar-refractivity contribution in [1.82, 2.24) is 10.2 Å². The van der Waals surface area contributed by atoms with Crippen molar-refractivity contribution in [2.45, 2.75) is 39.0 Å². The third-order valence-corrected chi connectivity index (χ3v) is 5.59. The zero-order valence-electron chi connectivity index (χ0n) is 16.5. The minimum absolute atomic E-state index is 0.252. The number of hydrogen-bond acceptors (Lipinski definition) is 4. The van der Waals surface area contributed by atoms with Crippen molar-refractivity contribution in [1.29, 1.82) is 0 Å². The summed E-state index contributed by atoms with van der Waals surface area (Å²) < 4.78 is 24.5. The molecule has 0 radical (unpaired) electrons. The summed E-state index contributed by atoms with van der Waals surface area (Å²) in [5.41, 5.74) is 1.87. The summed E-state index contributed by atoms with van der Waals surface area (Å²) in [4.78, 5) is 2.53. The minimum atomic E-state index is -0.358. The number of nitrogens with zero attached hydrogens (tertiary/aromatic N) is 1. The molecule has 0 amide bonds. The second kappa shape index (κ2) is 10.1. The molecule has 4 nitrogen and oxygen atoms in total. The van der Waals surface area contributed by atoms with Gasteiger partial charge in [-0.1, -0.05) is 30.7 Å². The lowest BCUT2D eigenvalue weighted by Gasteiger charge is -2.23. The second-order valence-corrected chi connectivity index (χ2v) is 7.47. The van der Waals surface area contributed by atoms with Crippen LogP contribution < -0.4 is 14.8 Å². The van der Waals surface area contributed by atoms with Gasteiger partial charge in [0, 0.05) is 24.7 Å². The Morgan fingerprint density at radius 2 is 2.07 bits per heavy atom. The average Bonchev–Trinajstić information content (AvgIpc) is 3.15. The standard InChI is InChI=1S/C22H28ClFN2O2/c1-3-26-10-4-5-19(26)14-25-13-16-6-9-21(22(11-16)27-2)28-15-17-7-8-18(24)12-20(17)23/h6-9,11-12,19,25H,3-5,10,13-15H2,1-2H3. The average molecular weight is 407 g/mol. The first-order chi connectivity index (χ1) is 13.6. The van der Waals surface area contributed by atoms with E-state index in [1.54, 1.807) is 13.2 Å². The van der Waals surface area contributed by atoms with E-state index in [4.69, 9.17) is 21.1 Å². The van der Waals surface area contributed by atoms with E-state index in [0.717, 1.165) is 30.8 Å². The maximum Gasteiger partial charge on any atom is 0.161 e. The summed E-state index contributed by atoms with van der Waals surface area (Å²) in [6.07, 6.45) is 2.56. The van der Waals surface area contributed by atoms with Gasteiger partial charge in [0.15, 0.2) is 11.5 Å². The smallest absolute Gasteiger partial charge is 0.161 e. The first-order valence-corrected chi connectivity index (χ1v) is 10.2. The van der Waals surface area contributed by atoms with Crippen molar-refractivity contribution in [2.75, 3.05) is 26.7 Å². The number of likely N-dealkylation sites (tertiary alicyclic amines) is 1. The van der Waals surface area contributed by atoms with Gasteiger partial charge < -0.3 is 14.8 Å². The molecule has 1 unspecified atom stereocenters. The van der Waals surface area contributed by atoms with Gasteiger partial charge in [-0.25, -0.2) is 4.39 Å². The Morgan fingerprint density at radius 3 is 2.82 bits per heavy atom. The second-order valence-electron chi connectivity index (χ2n) is 7.07. The number of hydrogen-bond donors (Lipinski definition) is 1. The lowest BCUT2D eigenvalue weighted by atomic mass is 10.1. The van der Waals surface area contributed by atoms with Crippen LogP contribution in [0.5, 0.6) is 11.5 Å². The van der Waals surface area contributed by atoms with E-state index >= 15 is 0 Å². The van der Waals surface area contributed by atoms with Crippen LogP contribution in [0.3, 0.4) is 0 Å². The molecule has 152 valence electrons. The van der Waals surface area contributed by atoms with Crippen molar-refractivity contribution < 1.29 is 13.9 Å². The fraction of sp³-hybridized carbons (Fsp3) is 0.455. The lowest BCUT2D eigenvalue weighted by Crippen LogP contribution is -2.37. The summed E-state index contributed by atoms with van der Waals surface area (Å²) in [7, 11) is 1.63. The van der Waals surface area contributed by atoms with Crippen LogP contribution in [0.15, 0.2) is 36.4 Å². The number of likely N-dealkylation sites (N-methyl/N-ethyl adjacent to an activating group) is 1. The molecule has 3 rings (SSSR count). The van der Waals surface area contributed by atoms with Crippen molar-refractivity contribution in [3.63, 3.8) is 0 Å². The molecule has 0 saturated carbocycles. The molecule has 1 heterocycles. The third kappa shape index (κ3) is 5.37. The highest BCUT2D eigenvalue weighted by Gasteiger charge is 2.22. The molecule has 6 heteroatoms. The van der Waals surface area contributed by atoms with E-state index < -0.39 is 0 Å².